The van der Waals surface area contributed by atoms with E-state index in [4.69, 9.17) is 4.74 Å². The van der Waals surface area contributed by atoms with Gasteiger partial charge in [-0.3, -0.25) is 9.59 Å². The van der Waals surface area contributed by atoms with Gasteiger partial charge in [0.1, 0.15) is 5.75 Å². The van der Waals surface area contributed by atoms with E-state index in [2.05, 4.69) is 15.9 Å². The second kappa shape index (κ2) is 8.02. The van der Waals surface area contributed by atoms with Crippen LogP contribution in [-0.4, -0.2) is 55.4 Å². The molecule has 0 saturated heterocycles. The first kappa shape index (κ1) is 17.5. The second-order valence-corrected chi connectivity index (χ2v) is 5.49. The predicted molar refractivity (Wildman–Crippen MR) is 85.6 cm³/mol. The highest BCUT2D eigenvalue weighted by atomic mass is 79.9. The first-order chi connectivity index (χ1) is 9.94. The summed E-state index contributed by atoms with van der Waals surface area (Å²) in [6, 6.07) is 5.19. The Morgan fingerprint density at radius 3 is 2.38 bits per heavy atom. The fraction of sp³-hybridized carbons (Fsp3) is 0.467. The molecule has 0 heterocycles. The molecule has 1 aromatic carbocycles. The number of benzene rings is 1. The van der Waals surface area contributed by atoms with Crippen LogP contribution in [0.2, 0.25) is 0 Å². The molecule has 1 rings (SSSR count). The fourth-order valence-electron chi connectivity index (χ4n) is 2.00. The molecule has 0 atom stereocenters. The van der Waals surface area contributed by atoms with Crippen molar-refractivity contribution in [1.29, 1.82) is 0 Å². The van der Waals surface area contributed by atoms with Crippen LogP contribution in [0.5, 0.6) is 5.75 Å². The zero-order valence-corrected chi connectivity index (χ0v) is 14.4. The first-order valence-electron chi connectivity index (χ1n) is 6.81. The highest BCUT2D eigenvalue weighted by Crippen LogP contribution is 2.24. The highest BCUT2D eigenvalue weighted by Gasteiger charge is 2.20. The molecule has 1 aromatic rings. The quantitative estimate of drug-likeness (QED) is 0.786. The molecule has 0 fully saturated rings. The number of halogens is 1. The fourth-order valence-corrected chi connectivity index (χ4v) is 2.34. The van der Waals surface area contributed by atoms with Gasteiger partial charge < -0.3 is 14.5 Å². The van der Waals surface area contributed by atoms with Crippen molar-refractivity contribution in [3.05, 3.63) is 28.2 Å². The Balaban J connectivity index is 2.86. The van der Waals surface area contributed by atoms with Crippen molar-refractivity contribution < 1.29 is 14.3 Å². The van der Waals surface area contributed by atoms with Gasteiger partial charge in [0.2, 0.25) is 5.91 Å². The van der Waals surface area contributed by atoms with Crippen molar-refractivity contribution in [3.63, 3.8) is 0 Å². The van der Waals surface area contributed by atoms with E-state index in [0.29, 0.717) is 24.4 Å². The topological polar surface area (TPSA) is 49.9 Å². The molecule has 0 aliphatic heterocycles. The number of nitrogens with zero attached hydrogens (tertiary/aromatic N) is 2. The number of ether oxygens (including phenoxy) is 1. The van der Waals surface area contributed by atoms with Crippen LogP contribution in [0.25, 0.3) is 0 Å². The molecule has 0 radical (unpaired) electrons. The maximum atomic E-state index is 12.4. The van der Waals surface area contributed by atoms with Gasteiger partial charge >= 0.3 is 0 Å². The van der Waals surface area contributed by atoms with E-state index < -0.39 is 0 Å². The Morgan fingerprint density at radius 2 is 1.86 bits per heavy atom. The van der Waals surface area contributed by atoms with Crippen LogP contribution >= 0.6 is 15.9 Å². The zero-order valence-electron chi connectivity index (χ0n) is 12.9. The highest BCUT2D eigenvalue weighted by molar-refractivity contribution is 9.10. The molecule has 116 valence electrons. The molecule has 0 bridgehead atoms. The Labute approximate surface area is 134 Å². The van der Waals surface area contributed by atoms with Crippen LogP contribution in [0, 0.1) is 0 Å². The molecule has 21 heavy (non-hydrogen) atoms. The smallest absolute Gasteiger partial charge is 0.257 e. The summed E-state index contributed by atoms with van der Waals surface area (Å²) < 4.78 is 6.05. The SMILES string of the molecule is CCN(CC)C(=O)CN(C)C(=O)c1ccc(Br)cc1OC. The van der Waals surface area contributed by atoms with Gasteiger partial charge in [-0.2, -0.15) is 0 Å². The van der Waals surface area contributed by atoms with Crippen LogP contribution in [0.3, 0.4) is 0 Å². The van der Waals surface area contributed by atoms with Crippen LogP contribution in [0.4, 0.5) is 0 Å². The van der Waals surface area contributed by atoms with Crippen LogP contribution in [0.1, 0.15) is 24.2 Å². The molecule has 2 amide bonds. The third-order valence-electron chi connectivity index (χ3n) is 3.23. The molecule has 0 aromatic heterocycles. The Kier molecular flexibility index (Phi) is 6.68. The van der Waals surface area contributed by atoms with Gasteiger partial charge in [-0.05, 0) is 32.0 Å². The summed E-state index contributed by atoms with van der Waals surface area (Å²) in [5.74, 6) is 0.184. The maximum absolute atomic E-state index is 12.4. The molecule has 0 aliphatic carbocycles. The Hall–Kier alpha value is -1.56. The Bertz CT molecular complexity index is 516. The van der Waals surface area contributed by atoms with Crippen molar-refractivity contribution in [1.82, 2.24) is 9.80 Å². The van der Waals surface area contributed by atoms with E-state index in [1.165, 1.54) is 12.0 Å². The lowest BCUT2D eigenvalue weighted by atomic mass is 10.1. The van der Waals surface area contributed by atoms with E-state index in [9.17, 15) is 9.59 Å². The summed E-state index contributed by atoms with van der Waals surface area (Å²) in [5.41, 5.74) is 0.440. The predicted octanol–water partition coefficient (Wildman–Crippen LogP) is 2.40. The summed E-state index contributed by atoms with van der Waals surface area (Å²) >= 11 is 3.34. The van der Waals surface area contributed by atoms with Gasteiger partial charge in [0, 0.05) is 24.6 Å². The monoisotopic (exact) mass is 356 g/mol. The normalized spacial score (nSPS) is 10.1. The van der Waals surface area contributed by atoms with E-state index >= 15 is 0 Å². The summed E-state index contributed by atoms with van der Waals surface area (Å²) in [5, 5.41) is 0. The van der Waals surface area contributed by atoms with Crippen molar-refractivity contribution in [3.8, 4) is 5.75 Å². The summed E-state index contributed by atoms with van der Waals surface area (Å²) in [4.78, 5) is 27.6. The third kappa shape index (κ3) is 4.46. The number of amides is 2. The zero-order chi connectivity index (χ0) is 16.0. The molecular formula is C15H21BrN2O3. The van der Waals surface area contributed by atoms with Crippen LogP contribution in [0.15, 0.2) is 22.7 Å². The summed E-state index contributed by atoms with van der Waals surface area (Å²) in [6.45, 7) is 5.17. The third-order valence-corrected chi connectivity index (χ3v) is 3.72. The van der Waals surface area contributed by atoms with Crippen LogP contribution in [-0.2, 0) is 4.79 Å². The van der Waals surface area contributed by atoms with Gasteiger partial charge in [-0.15, -0.1) is 0 Å². The Morgan fingerprint density at radius 1 is 1.24 bits per heavy atom. The molecule has 0 N–H and O–H groups in total. The molecule has 0 aliphatic rings. The minimum atomic E-state index is -0.236. The van der Waals surface area contributed by atoms with Crippen LogP contribution < -0.4 is 4.74 Å². The number of likely N-dealkylation sites (N-methyl/N-ethyl adjacent to an activating group) is 2. The molecule has 5 nitrogen and oxygen atoms in total. The molecule has 0 saturated carbocycles. The second-order valence-electron chi connectivity index (χ2n) is 4.57. The number of carbonyl (C=O) groups excluding carboxylic acids is 2. The number of hydrogen-bond donors (Lipinski definition) is 0. The molecular weight excluding hydrogens is 336 g/mol. The number of hydrogen-bond acceptors (Lipinski definition) is 3. The van der Waals surface area contributed by atoms with E-state index in [1.54, 1.807) is 30.1 Å². The lowest BCUT2D eigenvalue weighted by molar-refractivity contribution is -0.131. The van der Waals surface area contributed by atoms with Gasteiger partial charge in [0.25, 0.3) is 5.91 Å². The lowest BCUT2D eigenvalue weighted by Gasteiger charge is -2.23. The van der Waals surface area contributed by atoms with Gasteiger partial charge in [-0.1, -0.05) is 15.9 Å². The largest absolute Gasteiger partial charge is 0.496 e. The van der Waals surface area contributed by atoms with Gasteiger partial charge in [0.15, 0.2) is 0 Å². The van der Waals surface area contributed by atoms with E-state index in [-0.39, 0.29) is 18.4 Å². The first-order valence-corrected chi connectivity index (χ1v) is 7.60. The number of methoxy groups -OCH3 is 1. The van der Waals surface area contributed by atoms with E-state index in [0.717, 1.165) is 4.47 Å². The summed E-state index contributed by atoms with van der Waals surface area (Å²) in [7, 11) is 3.13. The molecule has 0 unspecified atom stereocenters. The number of rotatable bonds is 6. The molecule has 0 spiro atoms. The summed E-state index contributed by atoms with van der Waals surface area (Å²) in [6.07, 6.45) is 0. The lowest BCUT2D eigenvalue weighted by Crippen LogP contribution is -2.41. The average Bonchev–Trinajstić information content (AvgIpc) is 2.47. The van der Waals surface area contributed by atoms with Crippen molar-refractivity contribution in [2.75, 3.05) is 33.8 Å². The number of carbonyl (C=O) groups is 2. The van der Waals surface area contributed by atoms with E-state index in [1.807, 2.05) is 13.8 Å². The standard InChI is InChI=1S/C15H21BrN2O3/c1-5-18(6-2)14(19)10-17(3)15(20)12-8-7-11(16)9-13(12)21-4/h7-9H,5-6,10H2,1-4H3. The molecule has 6 heteroatoms. The van der Waals surface area contributed by atoms with Crippen molar-refractivity contribution in [2.45, 2.75) is 13.8 Å². The minimum absolute atomic E-state index is 0.0553. The van der Waals surface area contributed by atoms with Gasteiger partial charge in [0.05, 0.1) is 19.2 Å². The average molecular weight is 357 g/mol. The van der Waals surface area contributed by atoms with Crippen molar-refractivity contribution >= 4 is 27.7 Å². The maximum Gasteiger partial charge on any atom is 0.257 e. The van der Waals surface area contributed by atoms with Crippen molar-refractivity contribution in [2.24, 2.45) is 0 Å². The minimum Gasteiger partial charge on any atom is -0.496 e. The van der Waals surface area contributed by atoms with Gasteiger partial charge in [-0.25, -0.2) is 0 Å².